The van der Waals surface area contributed by atoms with E-state index >= 15 is 0 Å². The highest BCUT2D eigenvalue weighted by Gasteiger charge is 2.61. The van der Waals surface area contributed by atoms with Gasteiger partial charge in [0.25, 0.3) is 0 Å². The topological polar surface area (TPSA) is 32.8 Å². The zero-order valence-electron chi connectivity index (χ0n) is 21.8. The molecule has 1 N–H and O–H groups in total. The Kier molecular flexibility index (Phi) is 6.14. The van der Waals surface area contributed by atoms with E-state index in [2.05, 4.69) is 47.6 Å². The van der Waals surface area contributed by atoms with E-state index in [0.29, 0.717) is 29.0 Å². The zero-order valence-corrected chi connectivity index (χ0v) is 21.8. The van der Waals surface area contributed by atoms with E-state index < -0.39 is 0 Å². The maximum atomic E-state index is 10.3. The van der Waals surface area contributed by atoms with Gasteiger partial charge in [0.1, 0.15) is 0 Å². The Bertz CT molecular complexity index is 726. The highest BCUT2D eigenvalue weighted by atomic mass is 16.6. The van der Waals surface area contributed by atoms with Crippen LogP contribution in [-0.2, 0) is 4.74 Å². The number of epoxide rings is 1. The van der Waals surface area contributed by atoms with Crippen molar-refractivity contribution in [2.75, 3.05) is 0 Å². The average Bonchev–Trinajstić information content (AvgIpc) is 3.45. The fourth-order valence-electron chi connectivity index (χ4n) is 9.89. The highest BCUT2D eigenvalue weighted by Crippen LogP contribution is 2.68. The third-order valence-corrected chi connectivity index (χ3v) is 11.8. The Balaban J connectivity index is 1.31. The summed E-state index contributed by atoms with van der Waals surface area (Å²) in [4.78, 5) is 0. The van der Waals surface area contributed by atoms with E-state index in [1.807, 2.05) is 0 Å². The van der Waals surface area contributed by atoms with Crippen LogP contribution >= 0.6 is 0 Å². The minimum Gasteiger partial charge on any atom is -0.393 e. The summed E-state index contributed by atoms with van der Waals surface area (Å²) in [6, 6.07) is 0. The second-order valence-electron chi connectivity index (χ2n) is 13.5. The predicted molar refractivity (Wildman–Crippen MR) is 132 cm³/mol. The van der Waals surface area contributed by atoms with Gasteiger partial charge in [-0.15, -0.1) is 0 Å². The van der Waals surface area contributed by atoms with Gasteiger partial charge in [0.05, 0.1) is 18.3 Å². The Labute approximate surface area is 198 Å². The van der Waals surface area contributed by atoms with Gasteiger partial charge >= 0.3 is 0 Å². The summed E-state index contributed by atoms with van der Waals surface area (Å²) < 4.78 is 6.46. The first-order valence-electron chi connectivity index (χ1n) is 14.2. The minimum absolute atomic E-state index is 0.0923. The largest absolute Gasteiger partial charge is 0.393 e. The van der Waals surface area contributed by atoms with Crippen molar-refractivity contribution in [3.8, 4) is 0 Å². The van der Waals surface area contributed by atoms with Crippen LogP contribution in [0.25, 0.3) is 0 Å². The smallest absolute Gasteiger partial charge is 0.0875 e. The molecule has 4 fully saturated rings. The van der Waals surface area contributed by atoms with E-state index in [1.54, 1.807) is 5.57 Å². The van der Waals surface area contributed by atoms with Crippen LogP contribution in [-0.4, -0.2) is 23.4 Å². The Hall–Kier alpha value is -0.340. The quantitative estimate of drug-likeness (QED) is 0.343. The summed E-state index contributed by atoms with van der Waals surface area (Å²) in [5, 5.41) is 10.3. The Morgan fingerprint density at radius 3 is 2.53 bits per heavy atom. The number of aliphatic hydroxyl groups is 1. The molecule has 3 saturated carbocycles. The van der Waals surface area contributed by atoms with Gasteiger partial charge in [0.2, 0.25) is 0 Å². The molecule has 5 aliphatic rings. The lowest BCUT2D eigenvalue weighted by molar-refractivity contribution is -0.0582. The third-order valence-electron chi connectivity index (χ3n) is 11.8. The van der Waals surface area contributed by atoms with Gasteiger partial charge in [-0.1, -0.05) is 59.6 Å². The molecule has 1 saturated heterocycles. The van der Waals surface area contributed by atoms with Crippen molar-refractivity contribution in [1.82, 2.24) is 0 Å². The monoisotopic (exact) mass is 442 g/mol. The van der Waals surface area contributed by atoms with Gasteiger partial charge in [-0.25, -0.2) is 0 Å². The molecule has 0 bridgehead atoms. The van der Waals surface area contributed by atoms with Gasteiger partial charge < -0.3 is 9.84 Å². The van der Waals surface area contributed by atoms with Crippen molar-refractivity contribution in [2.24, 2.45) is 52.3 Å². The summed E-state index contributed by atoms with van der Waals surface area (Å²) >= 11 is 0. The van der Waals surface area contributed by atoms with Gasteiger partial charge in [0.15, 0.2) is 0 Å². The van der Waals surface area contributed by atoms with Crippen LogP contribution in [0.1, 0.15) is 106 Å². The lowest BCUT2D eigenvalue weighted by Crippen LogP contribution is -2.51. The lowest BCUT2D eigenvalue weighted by atomic mass is 9.47. The lowest BCUT2D eigenvalue weighted by Gasteiger charge is -2.58. The van der Waals surface area contributed by atoms with Crippen molar-refractivity contribution in [2.45, 2.75) is 124 Å². The van der Waals surface area contributed by atoms with Crippen molar-refractivity contribution in [3.63, 3.8) is 0 Å². The van der Waals surface area contributed by atoms with Crippen LogP contribution < -0.4 is 0 Å². The first kappa shape index (κ1) is 23.4. The number of fused-ring (bicyclic) bond motifs is 5. The van der Waals surface area contributed by atoms with Crippen LogP contribution in [0.4, 0.5) is 0 Å². The molecule has 0 amide bonds. The van der Waals surface area contributed by atoms with Crippen LogP contribution in [0.5, 0.6) is 0 Å². The first-order chi connectivity index (χ1) is 15.2. The molecule has 5 rings (SSSR count). The average molecular weight is 443 g/mol. The van der Waals surface area contributed by atoms with E-state index in [9.17, 15) is 5.11 Å². The second kappa shape index (κ2) is 8.40. The van der Waals surface area contributed by atoms with Crippen LogP contribution in [0, 0.1) is 52.3 Å². The number of hydrogen-bond acceptors (Lipinski definition) is 2. The van der Waals surface area contributed by atoms with Crippen molar-refractivity contribution in [1.29, 1.82) is 0 Å². The van der Waals surface area contributed by atoms with Crippen LogP contribution in [0.2, 0.25) is 0 Å². The summed E-state index contributed by atoms with van der Waals surface area (Å²) in [6.07, 6.45) is 16.2. The van der Waals surface area contributed by atoms with Crippen molar-refractivity contribution in [3.05, 3.63) is 11.6 Å². The molecule has 2 heteroatoms. The molecule has 0 aromatic rings. The molecule has 0 aromatic carbocycles. The molecule has 0 radical (unpaired) electrons. The van der Waals surface area contributed by atoms with E-state index in [-0.39, 0.29) is 6.10 Å². The molecular formula is C30H50O2. The molecular weight excluding hydrogens is 392 g/mol. The van der Waals surface area contributed by atoms with Gasteiger partial charge in [-0.05, 0) is 110 Å². The van der Waals surface area contributed by atoms with E-state index in [1.165, 1.54) is 51.4 Å². The van der Waals surface area contributed by atoms with Gasteiger partial charge in [-0.3, -0.25) is 0 Å². The summed E-state index contributed by atoms with van der Waals surface area (Å²) in [7, 11) is 0. The van der Waals surface area contributed by atoms with Gasteiger partial charge in [-0.2, -0.15) is 0 Å². The van der Waals surface area contributed by atoms with Gasteiger partial charge in [0, 0.05) is 0 Å². The number of aliphatic hydroxyl groups excluding tert-OH is 1. The molecule has 1 aliphatic heterocycles. The maximum absolute atomic E-state index is 10.3. The van der Waals surface area contributed by atoms with Crippen molar-refractivity contribution >= 4 is 0 Å². The fraction of sp³-hybridized carbons (Fsp3) is 0.933. The van der Waals surface area contributed by atoms with Crippen LogP contribution in [0.3, 0.4) is 0 Å². The maximum Gasteiger partial charge on any atom is 0.0875 e. The normalized spacial score (nSPS) is 49.6. The number of hydrogen-bond donors (Lipinski definition) is 1. The zero-order chi connectivity index (χ0) is 22.8. The summed E-state index contributed by atoms with van der Waals surface area (Å²) in [5.74, 6) is 5.64. The molecule has 0 aromatic heterocycles. The minimum atomic E-state index is -0.0923. The summed E-state index contributed by atoms with van der Waals surface area (Å²) in [6.45, 7) is 14.9. The molecule has 3 unspecified atom stereocenters. The van der Waals surface area contributed by atoms with E-state index in [4.69, 9.17) is 4.74 Å². The first-order valence-corrected chi connectivity index (χ1v) is 14.2. The number of allylic oxidation sites excluding steroid dienone is 1. The number of ether oxygens (including phenoxy) is 1. The fourth-order valence-corrected chi connectivity index (χ4v) is 9.89. The van der Waals surface area contributed by atoms with E-state index in [0.717, 1.165) is 48.3 Å². The third kappa shape index (κ3) is 3.57. The molecule has 2 nitrogen and oxygen atoms in total. The Morgan fingerprint density at radius 2 is 1.81 bits per heavy atom. The molecule has 0 spiro atoms. The molecule has 182 valence electrons. The van der Waals surface area contributed by atoms with Crippen molar-refractivity contribution < 1.29 is 9.84 Å². The standard InChI is InChI=1S/C30H50O2/c1-7-8-22(18(2)3)28-27(32-28)19(4)24-11-12-25-23-10-9-20-17-21(31)13-15-29(20,5)26(23)14-16-30(24,25)6/h9,18-19,21-28,31H,7-8,10-17H2,1-6H3/t19-,21-,22+,23?,24+,25?,26?,27-,28-,29-,30+/m0/s1. The Morgan fingerprint density at radius 1 is 1.03 bits per heavy atom. The summed E-state index contributed by atoms with van der Waals surface area (Å²) in [5.41, 5.74) is 2.47. The molecule has 11 atom stereocenters. The molecule has 32 heavy (non-hydrogen) atoms. The SMILES string of the molecule is CCC[C@H](C(C)C)[C@@H]1O[C@H]1[C@@H](C)[C@H]1CCC2C3CC=C4C[C@@H](O)CC[C@]4(C)C3CC[C@@]21C. The highest BCUT2D eigenvalue weighted by molar-refractivity contribution is 5.25. The number of rotatable bonds is 6. The molecule has 1 heterocycles. The molecule has 4 aliphatic carbocycles. The predicted octanol–water partition coefficient (Wildman–Crippen LogP) is 7.40. The van der Waals surface area contributed by atoms with Crippen LogP contribution in [0.15, 0.2) is 11.6 Å². The second-order valence-corrected chi connectivity index (χ2v) is 13.5.